The first-order valence-electron chi connectivity index (χ1n) is 6.05. The summed E-state index contributed by atoms with van der Waals surface area (Å²) in [6.45, 7) is 2.05. The molecule has 2 N–H and O–H groups in total. The van der Waals surface area contributed by atoms with E-state index in [1.807, 2.05) is 6.92 Å². The molecule has 17 heavy (non-hydrogen) atoms. The van der Waals surface area contributed by atoms with E-state index in [-0.39, 0.29) is 24.5 Å². The molecule has 1 fully saturated rings. The summed E-state index contributed by atoms with van der Waals surface area (Å²) in [4.78, 5) is 16.7. The van der Waals surface area contributed by atoms with Crippen LogP contribution >= 0.6 is 11.3 Å². The molecular formula is C12H18N2O2S. The predicted molar refractivity (Wildman–Crippen MR) is 67.1 cm³/mol. The molecule has 0 radical (unpaired) electrons. The molecule has 0 aromatic carbocycles. The Balaban J connectivity index is 1.97. The summed E-state index contributed by atoms with van der Waals surface area (Å²) in [5.74, 6) is 0.155. The fourth-order valence-corrected chi connectivity index (χ4v) is 3.00. The Bertz CT molecular complexity index is 392. The fraction of sp³-hybridized carbons (Fsp3) is 0.667. The summed E-state index contributed by atoms with van der Waals surface area (Å²) in [5.41, 5.74) is 0. The van der Waals surface area contributed by atoms with E-state index in [2.05, 4.69) is 10.3 Å². The lowest BCUT2D eigenvalue weighted by atomic mass is 9.85. The highest BCUT2D eigenvalue weighted by Crippen LogP contribution is 2.24. The van der Waals surface area contributed by atoms with Gasteiger partial charge in [-0.15, -0.1) is 11.3 Å². The second-order valence-electron chi connectivity index (χ2n) is 4.55. The van der Waals surface area contributed by atoms with Gasteiger partial charge in [-0.25, -0.2) is 4.98 Å². The molecule has 94 valence electrons. The minimum atomic E-state index is -0.0547. The molecule has 0 spiro atoms. The zero-order valence-electron chi connectivity index (χ0n) is 9.98. The zero-order valence-corrected chi connectivity index (χ0v) is 10.8. The quantitative estimate of drug-likeness (QED) is 0.863. The Labute approximate surface area is 105 Å². The van der Waals surface area contributed by atoms with Gasteiger partial charge in [-0.05, 0) is 19.8 Å². The lowest BCUT2D eigenvalue weighted by Crippen LogP contribution is -2.43. The van der Waals surface area contributed by atoms with E-state index in [4.69, 9.17) is 0 Å². The molecule has 1 heterocycles. The maximum absolute atomic E-state index is 12.0. The first kappa shape index (κ1) is 12.5. The largest absolute Gasteiger partial charge is 0.396 e. The predicted octanol–water partition coefficient (Wildman–Crippen LogP) is 1.73. The second-order valence-corrected chi connectivity index (χ2v) is 5.79. The average molecular weight is 254 g/mol. The van der Waals surface area contributed by atoms with Gasteiger partial charge in [0.05, 0.1) is 11.2 Å². The number of aromatic nitrogens is 1. The lowest BCUT2D eigenvalue weighted by molar-refractivity contribution is 0.0876. The van der Waals surface area contributed by atoms with E-state index in [0.29, 0.717) is 4.88 Å². The zero-order chi connectivity index (χ0) is 12.3. The maximum atomic E-state index is 12.0. The van der Waals surface area contributed by atoms with Crippen LogP contribution in [-0.2, 0) is 0 Å². The van der Waals surface area contributed by atoms with E-state index in [0.717, 1.165) is 30.7 Å². The van der Waals surface area contributed by atoms with Crippen LogP contribution in [0.4, 0.5) is 0 Å². The second kappa shape index (κ2) is 5.60. The lowest BCUT2D eigenvalue weighted by Gasteiger charge is -2.30. The van der Waals surface area contributed by atoms with Crippen molar-refractivity contribution in [2.45, 2.75) is 38.6 Å². The van der Waals surface area contributed by atoms with Gasteiger partial charge in [0.25, 0.3) is 5.91 Å². The number of rotatable bonds is 3. The van der Waals surface area contributed by atoms with Crippen molar-refractivity contribution in [2.24, 2.45) is 5.92 Å². The van der Waals surface area contributed by atoms with Crippen LogP contribution < -0.4 is 5.32 Å². The van der Waals surface area contributed by atoms with E-state index in [1.54, 1.807) is 6.20 Å². The van der Waals surface area contributed by atoms with Crippen molar-refractivity contribution >= 4 is 17.2 Å². The van der Waals surface area contributed by atoms with E-state index < -0.39 is 0 Å². The monoisotopic (exact) mass is 254 g/mol. The fourth-order valence-electron chi connectivity index (χ4n) is 2.32. The molecule has 4 nitrogen and oxygen atoms in total. The number of aliphatic hydroxyl groups is 1. The Morgan fingerprint density at radius 3 is 3.00 bits per heavy atom. The van der Waals surface area contributed by atoms with Crippen molar-refractivity contribution in [3.63, 3.8) is 0 Å². The molecule has 5 heteroatoms. The molecule has 0 aliphatic heterocycles. The van der Waals surface area contributed by atoms with Gasteiger partial charge in [0, 0.05) is 18.6 Å². The highest BCUT2D eigenvalue weighted by Gasteiger charge is 2.26. The van der Waals surface area contributed by atoms with E-state index in [9.17, 15) is 9.90 Å². The van der Waals surface area contributed by atoms with Crippen molar-refractivity contribution in [1.29, 1.82) is 0 Å². The third kappa shape index (κ3) is 3.04. The molecule has 1 aromatic heterocycles. The van der Waals surface area contributed by atoms with Crippen LogP contribution in [-0.4, -0.2) is 28.6 Å². The summed E-state index contributed by atoms with van der Waals surface area (Å²) in [6, 6.07) is 0.114. The van der Waals surface area contributed by atoms with Crippen LogP contribution in [0.1, 0.15) is 40.4 Å². The first-order valence-corrected chi connectivity index (χ1v) is 6.86. The smallest absolute Gasteiger partial charge is 0.263 e. The van der Waals surface area contributed by atoms with Gasteiger partial charge < -0.3 is 10.4 Å². The van der Waals surface area contributed by atoms with Gasteiger partial charge in [-0.1, -0.05) is 12.8 Å². The van der Waals surface area contributed by atoms with E-state index in [1.165, 1.54) is 11.3 Å². The number of nitrogens with one attached hydrogen (secondary N) is 1. The highest BCUT2D eigenvalue weighted by atomic mass is 32.1. The van der Waals surface area contributed by atoms with Crippen molar-refractivity contribution in [1.82, 2.24) is 10.3 Å². The minimum Gasteiger partial charge on any atom is -0.396 e. The summed E-state index contributed by atoms with van der Waals surface area (Å²) < 4.78 is 0. The number of hydrogen-bond donors (Lipinski definition) is 2. The normalized spacial score (nSPS) is 24.6. The van der Waals surface area contributed by atoms with Gasteiger partial charge in [0.15, 0.2) is 0 Å². The molecule has 1 aliphatic rings. The minimum absolute atomic E-state index is 0.0547. The number of hydrogen-bond acceptors (Lipinski definition) is 4. The average Bonchev–Trinajstić information content (AvgIpc) is 2.77. The Morgan fingerprint density at radius 1 is 1.59 bits per heavy atom. The summed E-state index contributed by atoms with van der Waals surface area (Å²) in [5, 5.41) is 13.2. The summed E-state index contributed by atoms with van der Waals surface area (Å²) >= 11 is 1.41. The van der Waals surface area contributed by atoms with Crippen molar-refractivity contribution < 1.29 is 9.90 Å². The molecule has 1 aliphatic carbocycles. The van der Waals surface area contributed by atoms with Crippen molar-refractivity contribution in [3.05, 3.63) is 16.1 Å². The molecule has 0 bridgehead atoms. The van der Waals surface area contributed by atoms with Crippen LogP contribution in [0, 0.1) is 12.8 Å². The number of aryl methyl sites for hydroxylation is 1. The third-order valence-corrected chi connectivity index (χ3v) is 4.22. The molecule has 1 amide bonds. The summed E-state index contributed by atoms with van der Waals surface area (Å²) in [7, 11) is 0. The van der Waals surface area contributed by atoms with Crippen LogP contribution in [0.2, 0.25) is 0 Å². The molecule has 1 aromatic rings. The maximum Gasteiger partial charge on any atom is 0.263 e. The standard InChI is InChI=1S/C12H18N2O2S/c1-8-13-6-11(17-8)12(16)14-10-5-3-2-4-9(10)7-15/h6,9-10,15H,2-5,7H2,1H3,(H,14,16). The number of nitrogens with zero attached hydrogens (tertiary/aromatic N) is 1. The number of carbonyl (C=O) groups is 1. The molecule has 1 saturated carbocycles. The third-order valence-electron chi connectivity index (χ3n) is 3.31. The van der Waals surface area contributed by atoms with E-state index >= 15 is 0 Å². The number of amides is 1. The van der Waals surface area contributed by atoms with Gasteiger partial charge in [-0.2, -0.15) is 0 Å². The van der Waals surface area contributed by atoms with Crippen LogP contribution in [0.3, 0.4) is 0 Å². The van der Waals surface area contributed by atoms with Crippen molar-refractivity contribution in [3.8, 4) is 0 Å². The van der Waals surface area contributed by atoms with Gasteiger partial charge in [-0.3, -0.25) is 4.79 Å². The molecule has 0 saturated heterocycles. The van der Waals surface area contributed by atoms with Gasteiger partial charge in [0.2, 0.25) is 0 Å². The van der Waals surface area contributed by atoms with Gasteiger partial charge in [0.1, 0.15) is 4.88 Å². The Morgan fingerprint density at radius 2 is 2.35 bits per heavy atom. The number of aliphatic hydroxyl groups excluding tert-OH is 1. The number of carbonyl (C=O) groups excluding carboxylic acids is 1. The van der Waals surface area contributed by atoms with Crippen LogP contribution in [0.15, 0.2) is 6.20 Å². The van der Waals surface area contributed by atoms with Crippen LogP contribution in [0.25, 0.3) is 0 Å². The SMILES string of the molecule is Cc1ncc(C(=O)NC2CCCCC2CO)s1. The topological polar surface area (TPSA) is 62.2 Å². The molecular weight excluding hydrogens is 236 g/mol. The number of thiazole rings is 1. The molecule has 2 atom stereocenters. The highest BCUT2D eigenvalue weighted by molar-refractivity contribution is 7.13. The van der Waals surface area contributed by atoms with Crippen LogP contribution in [0.5, 0.6) is 0 Å². The Kier molecular flexibility index (Phi) is 4.12. The van der Waals surface area contributed by atoms with Crippen molar-refractivity contribution in [2.75, 3.05) is 6.61 Å². The first-order chi connectivity index (χ1) is 8.20. The molecule has 2 rings (SSSR count). The Hall–Kier alpha value is -0.940. The summed E-state index contributed by atoms with van der Waals surface area (Å²) in [6.07, 6.45) is 5.87. The van der Waals surface area contributed by atoms with Gasteiger partial charge >= 0.3 is 0 Å². The molecule has 2 unspecified atom stereocenters.